The molecule has 1 heterocycles. The SMILES string of the molecule is CC1CC(=O)C2=C(C1)Nc1cc([N+](=O)[O-])ccc1N(C(=O)CCl)C2C1CCCC1. The lowest BCUT2D eigenvalue weighted by Crippen LogP contribution is -2.48. The molecule has 0 saturated heterocycles. The van der Waals surface area contributed by atoms with Gasteiger partial charge in [0.05, 0.1) is 22.3 Å². The minimum absolute atomic E-state index is 0.0535. The fourth-order valence-electron chi connectivity index (χ4n) is 5.05. The molecule has 2 atom stereocenters. The van der Waals surface area contributed by atoms with Gasteiger partial charge in [-0.2, -0.15) is 0 Å². The zero-order chi connectivity index (χ0) is 20.7. The number of hydrogen-bond acceptors (Lipinski definition) is 5. The highest BCUT2D eigenvalue weighted by Gasteiger charge is 2.44. The number of nitro benzene ring substituents is 1. The molecule has 4 rings (SSSR count). The van der Waals surface area contributed by atoms with Crippen LogP contribution in [0.15, 0.2) is 29.5 Å². The minimum Gasteiger partial charge on any atom is -0.357 e. The number of carbonyl (C=O) groups is 2. The molecule has 1 amide bonds. The number of nitrogens with one attached hydrogen (secondary N) is 1. The number of amides is 1. The number of halogens is 1. The Kier molecular flexibility index (Phi) is 5.34. The smallest absolute Gasteiger partial charge is 0.271 e. The summed E-state index contributed by atoms with van der Waals surface area (Å²) < 4.78 is 0. The van der Waals surface area contributed by atoms with E-state index in [1.54, 1.807) is 11.0 Å². The molecule has 0 bridgehead atoms. The van der Waals surface area contributed by atoms with Gasteiger partial charge in [-0.1, -0.05) is 19.8 Å². The van der Waals surface area contributed by atoms with E-state index >= 15 is 0 Å². The number of alkyl halides is 1. The van der Waals surface area contributed by atoms with Gasteiger partial charge in [-0.15, -0.1) is 11.6 Å². The summed E-state index contributed by atoms with van der Waals surface area (Å²) in [5, 5.41) is 14.6. The Morgan fingerprint density at radius 2 is 2.03 bits per heavy atom. The number of Topliss-reactive ketones (excluding diaryl/α,β-unsaturated/α-hetero) is 1. The van der Waals surface area contributed by atoms with Crippen LogP contribution in [0, 0.1) is 22.0 Å². The van der Waals surface area contributed by atoms with Gasteiger partial charge < -0.3 is 10.2 Å². The van der Waals surface area contributed by atoms with Crippen molar-refractivity contribution in [3.05, 3.63) is 39.6 Å². The molecule has 1 N–H and O–H groups in total. The molecule has 1 aromatic rings. The van der Waals surface area contributed by atoms with Crippen LogP contribution in [-0.2, 0) is 9.59 Å². The molecular formula is C21H24ClN3O4. The standard InChI is InChI=1S/C21H24ClN3O4/c1-12-8-16-20(18(26)9-12)21(13-4-2-3-5-13)24(19(27)11-22)17-7-6-14(25(28)29)10-15(17)23-16/h6-7,10,12-13,21,23H,2-5,8-9,11H2,1H3. The van der Waals surface area contributed by atoms with Crippen molar-refractivity contribution in [2.24, 2.45) is 11.8 Å². The van der Waals surface area contributed by atoms with Gasteiger partial charge in [0.25, 0.3) is 5.69 Å². The number of nitro groups is 1. The van der Waals surface area contributed by atoms with E-state index < -0.39 is 4.92 Å². The number of rotatable bonds is 3. The van der Waals surface area contributed by atoms with Crippen LogP contribution < -0.4 is 10.2 Å². The van der Waals surface area contributed by atoms with E-state index in [2.05, 4.69) is 5.32 Å². The predicted octanol–water partition coefficient (Wildman–Crippen LogP) is 4.40. The summed E-state index contributed by atoms with van der Waals surface area (Å²) in [6.45, 7) is 2.02. The molecular weight excluding hydrogens is 394 g/mol. The van der Waals surface area contributed by atoms with Crippen molar-refractivity contribution in [1.29, 1.82) is 0 Å². The highest BCUT2D eigenvalue weighted by molar-refractivity contribution is 6.30. The molecule has 1 aliphatic heterocycles. The molecule has 0 radical (unpaired) electrons. The second kappa shape index (κ2) is 7.78. The van der Waals surface area contributed by atoms with Crippen molar-refractivity contribution in [3.8, 4) is 0 Å². The van der Waals surface area contributed by atoms with Crippen LogP contribution in [0.5, 0.6) is 0 Å². The third kappa shape index (κ3) is 3.52. The summed E-state index contributed by atoms with van der Waals surface area (Å²) in [7, 11) is 0. The Balaban J connectivity index is 1.94. The zero-order valence-corrected chi connectivity index (χ0v) is 17.1. The Morgan fingerprint density at radius 1 is 1.31 bits per heavy atom. The molecule has 7 nitrogen and oxygen atoms in total. The van der Waals surface area contributed by atoms with Gasteiger partial charge in [-0.25, -0.2) is 0 Å². The molecule has 2 aliphatic carbocycles. The predicted molar refractivity (Wildman–Crippen MR) is 111 cm³/mol. The van der Waals surface area contributed by atoms with Gasteiger partial charge in [-0.3, -0.25) is 19.7 Å². The van der Waals surface area contributed by atoms with Crippen molar-refractivity contribution in [2.45, 2.75) is 51.5 Å². The zero-order valence-electron chi connectivity index (χ0n) is 16.3. The van der Waals surface area contributed by atoms with E-state index in [4.69, 9.17) is 11.6 Å². The van der Waals surface area contributed by atoms with Crippen LogP contribution in [0.2, 0.25) is 0 Å². The number of benzene rings is 1. The first-order valence-electron chi connectivity index (χ1n) is 10.1. The van der Waals surface area contributed by atoms with Crippen LogP contribution >= 0.6 is 11.6 Å². The van der Waals surface area contributed by atoms with E-state index in [1.165, 1.54) is 12.1 Å². The first-order chi connectivity index (χ1) is 13.9. The molecule has 0 aromatic heterocycles. The summed E-state index contributed by atoms with van der Waals surface area (Å²) in [5.74, 6) is -0.103. The maximum absolute atomic E-state index is 13.2. The summed E-state index contributed by atoms with van der Waals surface area (Å²) in [6.07, 6.45) is 5.14. The van der Waals surface area contributed by atoms with Crippen LogP contribution in [0.4, 0.5) is 17.1 Å². The Hall–Kier alpha value is -2.41. The third-order valence-corrected chi connectivity index (χ3v) is 6.48. The number of anilines is 2. The van der Waals surface area contributed by atoms with Gasteiger partial charge in [0.2, 0.25) is 5.91 Å². The van der Waals surface area contributed by atoms with E-state index in [9.17, 15) is 19.7 Å². The van der Waals surface area contributed by atoms with Gasteiger partial charge in [0.15, 0.2) is 5.78 Å². The molecule has 29 heavy (non-hydrogen) atoms. The molecule has 8 heteroatoms. The molecule has 1 aromatic carbocycles. The van der Waals surface area contributed by atoms with Crippen LogP contribution in [0.1, 0.15) is 45.4 Å². The third-order valence-electron chi connectivity index (χ3n) is 6.25. The van der Waals surface area contributed by atoms with Crippen molar-refractivity contribution < 1.29 is 14.5 Å². The summed E-state index contributed by atoms with van der Waals surface area (Å²) in [5.41, 5.74) is 2.41. The van der Waals surface area contributed by atoms with Crippen molar-refractivity contribution >= 4 is 40.4 Å². The van der Waals surface area contributed by atoms with E-state index in [-0.39, 0.29) is 41.1 Å². The number of carbonyl (C=O) groups excluding carboxylic acids is 2. The summed E-state index contributed by atoms with van der Waals surface area (Å²) >= 11 is 5.97. The number of ketones is 1. The molecule has 1 saturated carbocycles. The lowest BCUT2D eigenvalue weighted by atomic mass is 9.79. The first kappa shape index (κ1) is 19.9. The maximum Gasteiger partial charge on any atom is 0.271 e. The maximum atomic E-state index is 13.2. The molecule has 1 fully saturated rings. The average molecular weight is 418 g/mol. The summed E-state index contributed by atoms with van der Waals surface area (Å²) in [6, 6.07) is 4.05. The van der Waals surface area contributed by atoms with Gasteiger partial charge in [-0.05, 0) is 37.2 Å². The Morgan fingerprint density at radius 3 is 2.69 bits per heavy atom. The van der Waals surface area contributed by atoms with E-state index in [0.29, 0.717) is 29.8 Å². The lowest BCUT2D eigenvalue weighted by molar-refractivity contribution is -0.384. The number of allylic oxidation sites excluding steroid dienone is 1. The lowest BCUT2D eigenvalue weighted by Gasteiger charge is -2.37. The fourth-order valence-corrected chi connectivity index (χ4v) is 5.18. The number of fused-ring (bicyclic) bond motifs is 1. The highest BCUT2D eigenvalue weighted by atomic mass is 35.5. The number of hydrogen-bond donors (Lipinski definition) is 1. The normalized spacial score (nSPS) is 24.6. The van der Waals surface area contributed by atoms with Crippen molar-refractivity contribution in [2.75, 3.05) is 16.1 Å². The minimum atomic E-state index is -0.459. The fraction of sp³-hybridized carbons (Fsp3) is 0.524. The van der Waals surface area contributed by atoms with Gasteiger partial charge in [0.1, 0.15) is 5.88 Å². The monoisotopic (exact) mass is 417 g/mol. The first-order valence-corrected chi connectivity index (χ1v) is 10.6. The topological polar surface area (TPSA) is 92.5 Å². The summed E-state index contributed by atoms with van der Waals surface area (Å²) in [4.78, 5) is 38.7. The van der Waals surface area contributed by atoms with Gasteiger partial charge in [0, 0.05) is 29.8 Å². The van der Waals surface area contributed by atoms with Gasteiger partial charge >= 0.3 is 0 Å². The molecule has 154 valence electrons. The van der Waals surface area contributed by atoms with E-state index in [0.717, 1.165) is 31.4 Å². The second-order valence-corrected chi connectivity index (χ2v) is 8.57. The van der Waals surface area contributed by atoms with Crippen molar-refractivity contribution in [1.82, 2.24) is 0 Å². The molecule has 2 unspecified atom stereocenters. The molecule has 3 aliphatic rings. The average Bonchev–Trinajstić information content (AvgIpc) is 3.16. The van der Waals surface area contributed by atoms with Crippen molar-refractivity contribution in [3.63, 3.8) is 0 Å². The molecule has 0 spiro atoms. The van der Waals surface area contributed by atoms with E-state index in [1.807, 2.05) is 6.92 Å². The van der Waals surface area contributed by atoms with Crippen LogP contribution in [0.3, 0.4) is 0 Å². The largest absolute Gasteiger partial charge is 0.357 e. The number of non-ortho nitro benzene ring substituents is 1. The quantitative estimate of drug-likeness (QED) is 0.447. The number of nitrogens with zero attached hydrogens (tertiary/aromatic N) is 2. The van der Waals surface area contributed by atoms with Crippen LogP contribution in [0.25, 0.3) is 0 Å². The second-order valence-electron chi connectivity index (χ2n) is 8.30. The van der Waals surface area contributed by atoms with Crippen LogP contribution in [-0.4, -0.2) is 28.5 Å². The Bertz CT molecular complexity index is 907. The highest BCUT2D eigenvalue weighted by Crippen LogP contribution is 2.45. The Labute approximate surface area is 174 Å².